The Kier molecular flexibility index (Phi) is 5.06. The summed E-state index contributed by atoms with van der Waals surface area (Å²) in [7, 11) is 0. The number of ether oxygens (including phenoxy) is 2. The Balaban J connectivity index is 1.30. The van der Waals surface area contributed by atoms with Crippen molar-refractivity contribution in [2.24, 2.45) is 0 Å². The molecule has 28 heavy (non-hydrogen) atoms. The van der Waals surface area contributed by atoms with Gasteiger partial charge in [-0.2, -0.15) is 4.57 Å². The van der Waals surface area contributed by atoms with E-state index in [1.807, 2.05) is 61.5 Å². The van der Waals surface area contributed by atoms with Crippen LogP contribution in [0.2, 0.25) is 0 Å². The van der Waals surface area contributed by atoms with E-state index in [4.69, 9.17) is 9.47 Å². The SMILES string of the molecule is CC1(COCc2ccc(Oc3ccccc3)cc2)Cn2c([N+](=O)[O-])cnc2S1. The molecule has 0 bridgehead atoms. The molecule has 2 heterocycles. The number of imidazole rings is 1. The van der Waals surface area contributed by atoms with E-state index < -0.39 is 4.92 Å². The van der Waals surface area contributed by atoms with Crippen LogP contribution in [-0.4, -0.2) is 25.8 Å². The van der Waals surface area contributed by atoms with E-state index in [-0.39, 0.29) is 10.6 Å². The van der Waals surface area contributed by atoms with E-state index in [0.717, 1.165) is 17.1 Å². The molecule has 0 aliphatic carbocycles. The Labute approximate surface area is 166 Å². The predicted molar refractivity (Wildman–Crippen MR) is 106 cm³/mol. The zero-order chi connectivity index (χ0) is 19.6. The van der Waals surface area contributed by atoms with Crippen molar-refractivity contribution in [1.82, 2.24) is 9.55 Å². The molecule has 0 N–H and O–H groups in total. The van der Waals surface area contributed by atoms with E-state index in [2.05, 4.69) is 4.98 Å². The number of aromatic nitrogens is 2. The second-order valence-electron chi connectivity index (χ2n) is 6.85. The standard InChI is InChI=1S/C20H19N3O4S/c1-20(13-22-18(23(24)25)11-21-19(22)28-20)14-26-12-15-7-9-17(10-8-15)27-16-5-3-2-4-6-16/h2-11H,12-14H2,1H3. The van der Waals surface area contributed by atoms with Crippen LogP contribution in [0, 0.1) is 10.1 Å². The van der Waals surface area contributed by atoms with Crippen LogP contribution >= 0.6 is 11.8 Å². The number of nitro groups is 1. The molecule has 2 aromatic carbocycles. The first-order chi connectivity index (χ1) is 13.5. The second kappa shape index (κ2) is 7.65. The van der Waals surface area contributed by atoms with Crippen molar-refractivity contribution >= 4 is 17.6 Å². The molecule has 1 unspecified atom stereocenters. The Morgan fingerprint density at radius 1 is 1.18 bits per heavy atom. The maximum atomic E-state index is 11.1. The number of para-hydroxylation sites is 1. The highest BCUT2D eigenvalue weighted by atomic mass is 32.2. The molecule has 0 radical (unpaired) electrons. The zero-order valence-electron chi connectivity index (χ0n) is 15.3. The van der Waals surface area contributed by atoms with Gasteiger partial charge < -0.3 is 19.6 Å². The molecule has 8 heteroatoms. The van der Waals surface area contributed by atoms with Crippen molar-refractivity contribution in [1.29, 1.82) is 0 Å². The largest absolute Gasteiger partial charge is 0.457 e. The van der Waals surface area contributed by atoms with Gasteiger partial charge in [-0.05, 0) is 53.4 Å². The zero-order valence-corrected chi connectivity index (χ0v) is 16.1. The van der Waals surface area contributed by atoms with Gasteiger partial charge in [0.2, 0.25) is 0 Å². The van der Waals surface area contributed by atoms with Crippen LogP contribution < -0.4 is 4.74 Å². The molecule has 4 rings (SSSR count). The quantitative estimate of drug-likeness (QED) is 0.426. The van der Waals surface area contributed by atoms with Crippen molar-refractivity contribution in [2.45, 2.75) is 30.0 Å². The summed E-state index contributed by atoms with van der Waals surface area (Å²) in [6, 6.07) is 17.4. The number of rotatable bonds is 7. The molecule has 0 spiro atoms. The van der Waals surface area contributed by atoms with E-state index >= 15 is 0 Å². The van der Waals surface area contributed by atoms with Crippen molar-refractivity contribution in [3.8, 4) is 11.5 Å². The minimum atomic E-state index is -0.400. The molecular weight excluding hydrogens is 378 g/mol. The van der Waals surface area contributed by atoms with Crippen LogP contribution in [0.15, 0.2) is 66.0 Å². The molecule has 0 saturated carbocycles. The van der Waals surface area contributed by atoms with E-state index in [1.54, 1.807) is 4.57 Å². The average Bonchev–Trinajstić information content (AvgIpc) is 3.20. The Morgan fingerprint density at radius 3 is 2.61 bits per heavy atom. The lowest BCUT2D eigenvalue weighted by Gasteiger charge is -2.19. The first-order valence-electron chi connectivity index (χ1n) is 8.81. The first-order valence-corrected chi connectivity index (χ1v) is 9.63. The van der Waals surface area contributed by atoms with E-state index in [0.29, 0.717) is 24.9 Å². The summed E-state index contributed by atoms with van der Waals surface area (Å²) in [6.45, 7) is 3.48. The average molecular weight is 397 g/mol. The fraction of sp³-hybridized carbons (Fsp3) is 0.250. The lowest BCUT2D eigenvalue weighted by atomic mass is 10.2. The van der Waals surface area contributed by atoms with Gasteiger partial charge in [0.25, 0.3) is 5.16 Å². The summed E-state index contributed by atoms with van der Waals surface area (Å²) >= 11 is 1.52. The summed E-state index contributed by atoms with van der Waals surface area (Å²) in [5.41, 5.74) is 1.04. The Morgan fingerprint density at radius 2 is 1.89 bits per heavy atom. The van der Waals surface area contributed by atoms with Gasteiger partial charge >= 0.3 is 5.82 Å². The van der Waals surface area contributed by atoms with Crippen LogP contribution in [0.1, 0.15) is 12.5 Å². The monoisotopic (exact) mass is 397 g/mol. The highest BCUT2D eigenvalue weighted by Crippen LogP contribution is 2.42. The van der Waals surface area contributed by atoms with Crippen molar-refractivity contribution < 1.29 is 14.4 Å². The number of nitrogens with zero attached hydrogens (tertiary/aromatic N) is 3. The van der Waals surface area contributed by atoms with Gasteiger partial charge in [0.05, 0.1) is 18.0 Å². The second-order valence-corrected chi connectivity index (χ2v) is 8.40. The van der Waals surface area contributed by atoms with Crippen LogP contribution in [0.5, 0.6) is 11.5 Å². The third-order valence-electron chi connectivity index (χ3n) is 4.39. The molecule has 0 fully saturated rings. The summed E-state index contributed by atoms with van der Waals surface area (Å²) in [5.74, 6) is 1.59. The smallest absolute Gasteiger partial charge is 0.343 e. The number of hydrogen-bond donors (Lipinski definition) is 0. The maximum absolute atomic E-state index is 11.1. The fourth-order valence-electron chi connectivity index (χ4n) is 3.05. The number of thioether (sulfide) groups is 1. The van der Waals surface area contributed by atoms with Gasteiger partial charge in [0.15, 0.2) is 0 Å². The van der Waals surface area contributed by atoms with Crippen molar-refractivity contribution in [2.75, 3.05) is 6.61 Å². The van der Waals surface area contributed by atoms with Gasteiger partial charge in [0, 0.05) is 0 Å². The van der Waals surface area contributed by atoms with Gasteiger partial charge in [-0.3, -0.25) is 0 Å². The fourth-order valence-corrected chi connectivity index (χ4v) is 4.20. The predicted octanol–water partition coefficient (Wildman–Crippen LogP) is 4.66. The topological polar surface area (TPSA) is 79.4 Å². The minimum absolute atomic E-state index is 0.0280. The summed E-state index contributed by atoms with van der Waals surface area (Å²) in [6.07, 6.45) is 1.31. The van der Waals surface area contributed by atoms with Crippen molar-refractivity contribution in [3.63, 3.8) is 0 Å². The molecule has 1 aliphatic rings. The van der Waals surface area contributed by atoms with Crippen molar-refractivity contribution in [3.05, 3.63) is 76.5 Å². The highest BCUT2D eigenvalue weighted by Gasteiger charge is 2.42. The molecule has 3 aromatic rings. The lowest BCUT2D eigenvalue weighted by Crippen LogP contribution is -2.28. The van der Waals surface area contributed by atoms with E-state index in [9.17, 15) is 10.1 Å². The molecule has 1 atom stereocenters. The third-order valence-corrected chi connectivity index (χ3v) is 5.64. The Bertz CT molecular complexity index is 975. The molecule has 144 valence electrons. The van der Waals surface area contributed by atoms with Crippen LogP contribution in [0.3, 0.4) is 0 Å². The van der Waals surface area contributed by atoms with Gasteiger partial charge in [-0.1, -0.05) is 30.3 Å². The third kappa shape index (κ3) is 4.02. The minimum Gasteiger partial charge on any atom is -0.457 e. The Hall–Kier alpha value is -2.84. The lowest BCUT2D eigenvalue weighted by molar-refractivity contribution is -0.392. The number of benzene rings is 2. The summed E-state index contributed by atoms with van der Waals surface area (Å²) in [4.78, 5) is 14.8. The number of fused-ring (bicyclic) bond motifs is 1. The molecule has 0 amide bonds. The number of hydrogen-bond acceptors (Lipinski definition) is 6. The van der Waals surface area contributed by atoms with Gasteiger partial charge in [-0.25, -0.2) is 4.98 Å². The summed E-state index contributed by atoms with van der Waals surface area (Å²) in [5, 5.41) is 11.7. The highest BCUT2D eigenvalue weighted by molar-refractivity contribution is 8.00. The van der Waals surface area contributed by atoms with Gasteiger partial charge in [-0.15, -0.1) is 0 Å². The van der Waals surface area contributed by atoms with Crippen LogP contribution in [0.4, 0.5) is 5.82 Å². The first kappa shape index (κ1) is 18.5. The van der Waals surface area contributed by atoms with E-state index in [1.165, 1.54) is 18.0 Å². The molecule has 0 saturated heterocycles. The molecule has 1 aliphatic heterocycles. The van der Waals surface area contributed by atoms with Gasteiger partial charge in [0.1, 0.15) is 24.2 Å². The molecular formula is C20H19N3O4S. The molecule has 7 nitrogen and oxygen atoms in total. The van der Waals surface area contributed by atoms with Crippen LogP contribution in [-0.2, 0) is 17.9 Å². The van der Waals surface area contributed by atoms with Crippen LogP contribution in [0.25, 0.3) is 0 Å². The molecule has 1 aromatic heterocycles. The maximum Gasteiger partial charge on any atom is 0.343 e. The normalized spacial score (nSPS) is 18.0. The summed E-state index contributed by atoms with van der Waals surface area (Å²) < 4.78 is 13.0.